The Morgan fingerprint density at radius 1 is 1.61 bits per heavy atom. The minimum Gasteiger partial charge on any atom is -0.383 e. The predicted octanol–water partition coefficient (Wildman–Crippen LogP) is 1.01. The Morgan fingerprint density at radius 3 is 3.22 bits per heavy atom. The Balaban J connectivity index is 2.11. The average molecular weight is 270 g/mol. The van der Waals surface area contributed by atoms with Crippen LogP contribution < -0.4 is 10.9 Å². The zero-order chi connectivity index (χ0) is 13.0. The number of aromatic nitrogens is 4. The van der Waals surface area contributed by atoms with Gasteiger partial charge in [-0.05, 0) is 0 Å². The lowest BCUT2D eigenvalue weighted by molar-refractivity contribution is 0.183. The molecule has 0 unspecified atom stereocenters. The van der Waals surface area contributed by atoms with E-state index in [0.29, 0.717) is 24.7 Å². The number of hydrogen-bond acceptors (Lipinski definition) is 5. The minimum absolute atomic E-state index is 0.0159. The van der Waals surface area contributed by atoms with E-state index in [-0.39, 0.29) is 10.6 Å². The second kappa shape index (κ2) is 5.65. The van der Waals surface area contributed by atoms with E-state index in [4.69, 9.17) is 16.3 Å². The summed E-state index contributed by atoms with van der Waals surface area (Å²) < 4.78 is 6.66. The average Bonchev–Trinajstić information content (AvgIpc) is 2.80. The molecule has 0 amide bonds. The molecule has 0 saturated heterocycles. The Bertz CT molecular complexity index is 580. The number of hydrogen-bond donors (Lipinski definition) is 2. The molecule has 0 aliphatic rings. The summed E-state index contributed by atoms with van der Waals surface area (Å²) in [5.74, 6) is 0.298. The zero-order valence-electron chi connectivity index (χ0n) is 9.68. The van der Waals surface area contributed by atoms with Gasteiger partial charge < -0.3 is 15.0 Å². The Hall–Kier alpha value is -1.86. The third kappa shape index (κ3) is 2.88. The molecule has 2 aromatic rings. The highest BCUT2D eigenvalue weighted by Crippen LogP contribution is 2.18. The molecule has 2 heterocycles. The third-order valence-electron chi connectivity index (χ3n) is 2.22. The van der Waals surface area contributed by atoms with Gasteiger partial charge in [0.05, 0.1) is 31.4 Å². The number of halogens is 1. The third-order valence-corrected chi connectivity index (χ3v) is 2.57. The molecule has 18 heavy (non-hydrogen) atoms. The fourth-order valence-electron chi connectivity index (χ4n) is 1.34. The molecule has 0 atom stereocenters. The maximum atomic E-state index is 11.3. The van der Waals surface area contributed by atoms with E-state index in [0.717, 1.165) is 0 Å². The van der Waals surface area contributed by atoms with Crippen molar-refractivity contribution in [3.63, 3.8) is 0 Å². The molecule has 2 rings (SSSR count). The summed E-state index contributed by atoms with van der Waals surface area (Å²) in [6, 6.07) is 0. The van der Waals surface area contributed by atoms with Crippen LogP contribution in [0.2, 0.25) is 5.02 Å². The highest BCUT2D eigenvalue weighted by molar-refractivity contribution is 6.32. The van der Waals surface area contributed by atoms with Crippen LogP contribution in [0.5, 0.6) is 0 Å². The van der Waals surface area contributed by atoms with Gasteiger partial charge in [-0.15, -0.1) is 0 Å². The van der Waals surface area contributed by atoms with Gasteiger partial charge in [-0.3, -0.25) is 9.48 Å². The SMILES string of the molecule is COCCn1cc(Nc2nc[nH]c(=O)c2Cl)cn1. The first-order valence-electron chi connectivity index (χ1n) is 5.22. The summed E-state index contributed by atoms with van der Waals surface area (Å²) in [5, 5.41) is 7.06. The Labute approximate surface area is 108 Å². The van der Waals surface area contributed by atoms with Gasteiger partial charge in [-0.1, -0.05) is 11.6 Å². The number of H-pyrrole nitrogens is 1. The zero-order valence-corrected chi connectivity index (χ0v) is 10.4. The lowest BCUT2D eigenvalue weighted by Gasteiger charge is -2.03. The normalized spacial score (nSPS) is 10.6. The van der Waals surface area contributed by atoms with Gasteiger partial charge in [0.2, 0.25) is 0 Å². The maximum Gasteiger partial charge on any atom is 0.271 e. The first kappa shape index (κ1) is 12.6. The van der Waals surface area contributed by atoms with Gasteiger partial charge in [0.1, 0.15) is 5.02 Å². The standard InChI is InChI=1S/C10H12ClN5O2/c1-18-3-2-16-5-7(4-14-16)15-9-8(11)10(17)13-6-12-9/h4-6H,2-3H2,1H3,(H2,12,13,15,17). The lowest BCUT2D eigenvalue weighted by Crippen LogP contribution is -2.09. The molecule has 0 fully saturated rings. The summed E-state index contributed by atoms with van der Waals surface area (Å²) in [6.45, 7) is 1.22. The number of anilines is 2. The first-order valence-corrected chi connectivity index (χ1v) is 5.60. The molecule has 2 N–H and O–H groups in total. The minimum atomic E-state index is -0.388. The van der Waals surface area contributed by atoms with Gasteiger partial charge in [0, 0.05) is 13.3 Å². The Morgan fingerprint density at radius 2 is 2.44 bits per heavy atom. The molecule has 96 valence electrons. The predicted molar refractivity (Wildman–Crippen MR) is 67.3 cm³/mol. The summed E-state index contributed by atoms with van der Waals surface area (Å²) in [5.41, 5.74) is 0.312. The number of aromatic amines is 1. The topological polar surface area (TPSA) is 84.8 Å². The Kier molecular flexibility index (Phi) is 3.96. The van der Waals surface area contributed by atoms with Gasteiger partial charge in [-0.25, -0.2) is 4.98 Å². The molecule has 8 heteroatoms. The van der Waals surface area contributed by atoms with Crippen LogP contribution in [0.25, 0.3) is 0 Å². The smallest absolute Gasteiger partial charge is 0.271 e. The molecule has 0 aliphatic heterocycles. The molecule has 2 aromatic heterocycles. The van der Waals surface area contributed by atoms with Crippen molar-refractivity contribution in [1.29, 1.82) is 0 Å². The second-order valence-electron chi connectivity index (χ2n) is 3.50. The van der Waals surface area contributed by atoms with Crippen LogP contribution in [0.4, 0.5) is 11.5 Å². The highest BCUT2D eigenvalue weighted by atomic mass is 35.5. The first-order chi connectivity index (χ1) is 8.70. The van der Waals surface area contributed by atoms with E-state index >= 15 is 0 Å². The number of ether oxygens (including phenoxy) is 1. The van der Waals surface area contributed by atoms with Crippen LogP contribution in [0.3, 0.4) is 0 Å². The van der Waals surface area contributed by atoms with Crippen molar-refractivity contribution in [3.8, 4) is 0 Å². The van der Waals surface area contributed by atoms with Crippen molar-refractivity contribution in [3.05, 3.63) is 34.1 Å². The number of nitrogens with one attached hydrogen (secondary N) is 2. The van der Waals surface area contributed by atoms with Gasteiger partial charge in [0.25, 0.3) is 5.56 Å². The molecular formula is C10H12ClN5O2. The fourth-order valence-corrected chi connectivity index (χ4v) is 1.49. The van der Waals surface area contributed by atoms with E-state index in [1.807, 2.05) is 0 Å². The largest absolute Gasteiger partial charge is 0.383 e. The molecule has 0 bridgehead atoms. The molecule has 0 aromatic carbocycles. The monoisotopic (exact) mass is 269 g/mol. The van der Waals surface area contributed by atoms with Gasteiger partial charge in [-0.2, -0.15) is 5.10 Å². The van der Waals surface area contributed by atoms with Crippen molar-refractivity contribution in [1.82, 2.24) is 19.7 Å². The van der Waals surface area contributed by atoms with Crippen molar-refractivity contribution in [2.45, 2.75) is 6.54 Å². The molecule has 0 aliphatic carbocycles. The van der Waals surface area contributed by atoms with Crippen molar-refractivity contribution in [2.75, 3.05) is 19.0 Å². The van der Waals surface area contributed by atoms with E-state index in [1.54, 1.807) is 24.2 Å². The van der Waals surface area contributed by atoms with Crippen molar-refractivity contribution < 1.29 is 4.74 Å². The van der Waals surface area contributed by atoms with E-state index in [2.05, 4.69) is 20.4 Å². The summed E-state index contributed by atoms with van der Waals surface area (Å²) in [7, 11) is 1.63. The van der Waals surface area contributed by atoms with E-state index in [9.17, 15) is 4.79 Å². The van der Waals surface area contributed by atoms with Gasteiger partial charge in [0.15, 0.2) is 5.82 Å². The van der Waals surface area contributed by atoms with Crippen LogP contribution in [0, 0.1) is 0 Å². The molecular weight excluding hydrogens is 258 g/mol. The van der Waals surface area contributed by atoms with Crippen LogP contribution >= 0.6 is 11.6 Å². The molecule has 0 spiro atoms. The number of rotatable bonds is 5. The van der Waals surface area contributed by atoms with Crippen molar-refractivity contribution in [2.24, 2.45) is 0 Å². The molecule has 0 saturated carbocycles. The molecule has 0 radical (unpaired) electrons. The number of methoxy groups -OCH3 is 1. The highest BCUT2D eigenvalue weighted by Gasteiger charge is 2.07. The summed E-state index contributed by atoms with van der Waals surface area (Å²) in [6.07, 6.45) is 4.68. The van der Waals surface area contributed by atoms with Gasteiger partial charge >= 0.3 is 0 Å². The van der Waals surface area contributed by atoms with Crippen molar-refractivity contribution >= 4 is 23.1 Å². The van der Waals surface area contributed by atoms with Crippen LogP contribution in [0.15, 0.2) is 23.5 Å². The van der Waals surface area contributed by atoms with Crippen LogP contribution in [0.1, 0.15) is 0 Å². The molecule has 7 nitrogen and oxygen atoms in total. The lowest BCUT2D eigenvalue weighted by atomic mass is 10.5. The second-order valence-corrected chi connectivity index (χ2v) is 3.88. The quantitative estimate of drug-likeness (QED) is 0.846. The van der Waals surface area contributed by atoms with E-state index in [1.165, 1.54) is 6.33 Å². The summed E-state index contributed by atoms with van der Waals surface area (Å²) >= 11 is 5.82. The maximum absolute atomic E-state index is 11.3. The van der Waals surface area contributed by atoms with Crippen LogP contribution in [-0.4, -0.2) is 33.5 Å². The van der Waals surface area contributed by atoms with Crippen LogP contribution in [-0.2, 0) is 11.3 Å². The number of nitrogens with zero attached hydrogens (tertiary/aromatic N) is 3. The summed E-state index contributed by atoms with van der Waals surface area (Å²) in [4.78, 5) is 17.6. The van der Waals surface area contributed by atoms with E-state index < -0.39 is 0 Å². The fraction of sp³-hybridized carbons (Fsp3) is 0.300.